The highest BCUT2D eigenvalue weighted by molar-refractivity contribution is 7.87. The fourth-order valence-corrected chi connectivity index (χ4v) is 1.90. The molecule has 5 nitrogen and oxygen atoms in total. The molecule has 0 radical (unpaired) electrons. The summed E-state index contributed by atoms with van der Waals surface area (Å²) in [6.07, 6.45) is 1.25. The Morgan fingerprint density at radius 2 is 2.00 bits per heavy atom. The van der Waals surface area contributed by atoms with Crippen molar-refractivity contribution in [2.75, 3.05) is 6.54 Å². The van der Waals surface area contributed by atoms with Gasteiger partial charge in [-0.2, -0.15) is 13.1 Å². The third-order valence-electron chi connectivity index (χ3n) is 1.87. The van der Waals surface area contributed by atoms with Crippen molar-refractivity contribution in [2.24, 2.45) is 10.9 Å². The highest BCUT2D eigenvalue weighted by atomic mass is 32.2. The molecule has 0 amide bonds. The molecular formula is C6H17N3O2S. The van der Waals surface area contributed by atoms with E-state index in [-0.39, 0.29) is 0 Å². The molecule has 0 saturated carbocycles. The van der Waals surface area contributed by atoms with Crippen LogP contribution in [-0.4, -0.2) is 20.5 Å². The van der Waals surface area contributed by atoms with E-state index in [1.165, 1.54) is 0 Å². The van der Waals surface area contributed by atoms with Gasteiger partial charge in [-0.05, 0) is 26.3 Å². The molecule has 0 aromatic carbocycles. The number of nitrogens with two attached hydrogens (primary N) is 2. The van der Waals surface area contributed by atoms with Crippen molar-refractivity contribution in [1.82, 2.24) is 4.72 Å². The highest BCUT2D eigenvalue weighted by Crippen LogP contribution is 2.13. The first kappa shape index (κ1) is 11.8. The van der Waals surface area contributed by atoms with E-state index in [1.807, 2.05) is 6.92 Å². The maximum atomic E-state index is 10.7. The topological polar surface area (TPSA) is 98.2 Å². The van der Waals surface area contributed by atoms with Crippen molar-refractivity contribution in [1.29, 1.82) is 0 Å². The maximum Gasteiger partial charge on any atom is 0.274 e. The number of nitrogens with one attached hydrogen (secondary N) is 1. The fraction of sp³-hybridized carbons (Fsp3) is 1.00. The van der Waals surface area contributed by atoms with Crippen LogP contribution in [0.2, 0.25) is 0 Å². The minimum Gasteiger partial charge on any atom is -0.330 e. The summed E-state index contributed by atoms with van der Waals surface area (Å²) in [5.41, 5.74) is 4.82. The molecule has 12 heavy (non-hydrogen) atoms. The molecule has 74 valence electrons. The monoisotopic (exact) mass is 195 g/mol. The lowest BCUT2D eigenvalue weighted by molar-refractivity contribution is 0.379. The third-order valence-corrected chi connectivity index (χ3v) is 2.64. The minimum atomic E-state index is -3.62. The van der Waals surface area contributed by atoms with Gasteiger partial charge in [-0.3, -0.25) is 0 Å². The van der Waals surface area contributed by atoms with Crippen molar-refractivity contribution >= 4 is 10.2 Å². The molecule has 0 aliphatic carbocycles. The van der Waals surface area contributed by atoms with Crippen LogP contribution in [0.3, 0.4) is 0 Å². The zero-order chi connectivity index (χ0) is 9.83. The fourth-order valence-electron chi connectivity index (χ4n) is 0.962. The van der Waals surface area contributed by atoms with Gasteiger partial charge in [0.2, 0.25) is 0 Å². The molecule has 0 bridgehead atoms. The summed E-state index contributed by atoms with van der Waals surface area (Å²) in [6, 6.07) is 0. The first-order chi connectivity index (χ1) is 5.33. The van der Waals surface area contributed by atoms with Crippen molar-refractivity contribution in [3.05, 3.63) is 0 Å². The third kappa shape index (κ3) is 4.66. The van der Waals surface area contributed by atoms with Gasteiger partial charge in [-0.15, -0.1) is 0 Å². The Balaban J connectivity index is 4.34. The molecule has 5 N–H and O–H groups in total. The van der Waals surface area contributed by atoms with E-state index in [1.54, 1.807) is 6.92 Å². The van der Waals surface area contributed by atoms with Crippen molar-refractivity contribution < 1.29 is 8.42 Å². The lowest BCUT2D eigenvalue weighted by Gasteiger charge is -2.27. The normalized spacial score (nSPS) is 17.3. The second-order valence-corrected chi connectivity index (χ2v) is 4.39. The van der Waals surface area contributed by atoms with Crippen LogP contribution in [0.15, 0.2) is 0 Å². The van der Waals surface area contributed by atoms with Crippen LogP contribution in [0.4, 0.5) is 0 Å². The summed E-state index contributed by atoms with van der Waals surface area (Å²) in [4.78, 5) is 0. The van der Waals surface area contributed by atoms with Crippen LogP contribution in [0.25, 0.3) is 0 Å². The summed E-state index contributed by atoms with van der Waals surface area (Å²) in [6.45, 7) is 4.10. The van der Waals surface area contributed by atoms with Crippen LogP contribution >= 0.6 is 0 Å². The Hall–Kier alpha value is -0.170. The van der Waals surface area contributed by atoms with Gasteiger partial charge in [0.05, 0.1) is 0 Å². The summed E-state index contributed by atoms with van der Waals surface area (Å²) in [5, 5.41) is 4.85. The molecule has 0 aliphatic heterocycles. The van der Waals surface area contributed by atoms with Crippen molar-refractivity contribution in [3.8, 4) is 0 Å². The maximum absolute atomic E-state index is 10.7. The van der Waals surface area contributed by atoms with Gasteiger partial charge < -0.3 is 5.73 Å². The lowest BCUT2D eigenvalue weighted by atomic mass is 9.96. The molecule has 1 atom stereocenters. The number of hydrogen-bond donors (Lipinski definition) is 3. The Bertz CT molecular complexity index is 227. The summed E-state index contributed by atoms with van der Waals surface area (Å²) in [7, 11) is -3.62. The second kappa shape index (κ2) is 4.18. The van der Waals surface area contributed by atoms with Crippen molar-refractivity contribution in [3.63, 3.8) is 0 Å². The Kier molecular flexibility index (Phi) is 4.12. The number of rotatable bonds is 5. The van der Waals surface area contributed by atoms with E-state index in [9.17, 15) is 8.42 Å². The van der Waals surface area contributed by atoms with Gasteiger partial charge in [0, 0.05) is 5.54 Å². The molecule has 0 rings (SSSR count). The van der Waals surface area contributed by atoms with E-state index >= 15 is 0 Å². The molecule has 6 heteroatoms. The van der Waals surface area contributed by atoms with Crippen LogP contribution in [0.1, 0.15) is 26.7 Å². The highest BCUT2D eigenvalue weighted by Gasteiger charge is 2.24. The average molecular weight is 195 g/mol. The van der Waals surface area contributed by atoms with Gasteiger partial charge in [0.15, 0.2) is 0 Å². The van der Waals surface area contributed by atoms with Gasteiger partial charge in [-0.25, -0.2) is 5.14 Å². The van der Waals surface area contributed by atoms with Gasteiger partial charge in [0.25, 0.3) is 10.2 Å². The van der Waals surface area contributed by atoms with Gasteiger partial charge >= 0.3 is 0 Å². The smallest absolute Gasteiger partial charge is 0.274 e. The molecule has 0 saturated heterocycles. The van der Waals surface area contributed by atoms with Crippen LogP contribution in [0.5, 0.6) is 0 Å². The largest absolute Gasteiger partial charge is 0.330 e. The quantitative estimate of drug-likeness (QED) is 0.541. The molecule has 0 fully saturated rings. The summed E-state index contributed by atoms with van der Waals surface area (Å²) in [5.74, 6) is 0. The van der Waals surface area contributed by atoms with E-state index in [0.717, 1.165) is 0 Å². The Morgan fingerprint density at radius 1 is 1.50 bits per heavy atom. The molecule has 1 unspecified atom stereocenters. The molecule has 0 aliphatic rings. The zero-order valence-electron chi connectivity index (χ0n) is 7.50. The van der Waals surface area contributed by atoms with E-state index < -0.39 is 15.7 Å². The first-order valence-electron chi connectivity index (χ1n) is 3.85. The summed E-state index contributed by atoms with van der Waals surface area (Å²) < 4.78 is 23.8. The van der Waals surface area contributed by atoms with Crippen LogP contribution in [-0.2, 0) is 10.2 Å². The average Bonchev–Trinajstić information content (AvgIpc) is 1.84. The van der Waals surface area contributed by atoms with Gasteiger partial charge in [0.1, 0.15) is 0 Å². The molecular weight excluding hydrogens is 178 g/mol. The summed E-state index contributed by atoms with van der Waals surface area (Å²) >= 11 is 0. The Morgan fingerprint density at radius 3 is 2.25 bits per heavy atom. The van der Waals surface area contributed by atoms with E-state index in [4.69, 9.17) is 10.9 Å². The van der Waals surface area contributed by atoms with Crippen LogP contribution in [0, 0.1) is 0 Å². The van der Waals surface area contributed by atoms with E-state index in [0.29, 0.717) is 19.4 Å². The van der Waals surface area contributed by atoms with Crippen LogP contribution < -0.4 is 15.6 Å². The van der Waals surface area contributed by atoms with E-state index in [2.05, 4.69) is 4.72 Å². The number of hydrogen-bond acceptors (Lipinski definition) is 3. The molecule has 0 aromatic rings. The SMILES string of the molecule is CCC(C)(CCN)NS(N)(=O)=O. The molecule has 0 heterocycles. The second-order valence-electron chi connectivity index (χ2n) is 3.10. The van der Waals surface area contributed by atoms with Crippen molar-refractivity contribution in [2.45, 2.75) is 32.2 Å². The lowest BCUT2D eigenvalue weighted by Crippen LogP contribution is -2.49. The van der Waals surface area contributed by atoms with Gasteiger partial charge in [-0.1, -0.05) is 6.92 Å². The Labute approximate surface area is 73.7 Å². The molecule has 0 aromatic heterocycles. The first-order valence-corrected chi connectivity index (χ1v) is 5.39. The predicted molar refractivity (Wildman–Crippen MR) is 48.6 cm³/mol. The standard InChI is InChI=1S/C6H17N3O2S/c1-3-6(2,4-5-7)9-12(8,10)11/h9H,3-5,7H2,1-2H3,(H2,8,10,11). The predicted octanol–water partition coefficient (Wildman–Crippen LogP) is -0.703. The minimum absolute atomic E-state index is 0.437. The molecule has 0 spiro atoms. The zero-order valence-corrected chi connectivity index (χ0v) is 8.32.